The summed E-state index contributed by atoms with van der Waals surface area (Å²) in [5, 5.41) is 14.3. The second-order valence-electron chi connectivity index (χ2n) is 8.27. The van der Waals surface area contributed by atoms with Crippen LogP contribution in [-0.4, -0.2) is 65.4 Å². The first-order valence-electron chi connectivity index (χ1n) is 11.1. The molecule has 11 nitrogen and oxygen atoms in total. The first-order chi connectivity index (χ1) is 16.3. The Balaban J connectivity index is 1.32. The van der Waals surface area contributed by atoms with Crippen LogP contribution in [0.15, 0.2) is 54.6 Å². The first kappa shape index (κ1) is 23.2. The molecular weight excluding hydrogens is 440 g/mol. The fraction of sp³-hybridized carbons (Fsp3) is 0.348. The fourth-order valence-electron chi connectivity index (χ4n) is 4.35. The van der Waals surface area contributed by atoms with Crippen molar-refractivity contribution in [2.75, 3.05) is 37.6 Å². The lowest BCUT2D eigenvalue weighted by Crippen LogP contribution is -2.53. The molecule has 0 aromatic heterocycles. The van der Waals surface area contributed by atoms with Gasteiger partial charge in [-0.2, -0.15) is 5.01 Å². The van der Waals surface area contributed by atoms with E-state index < -0.39 is 28.3 Å². The maximum atomic E-state index is 13.1. The molecule has 1 atom stereocenters. The number of urea groups is 1. The van der Waals surface area contributed by atoms with Crippen LogP contribution in [0.5, 0.6) is 0 Å². The minimum Gasteiger partial charge on any atom is -0.369 e. The van der Waals surface area contributed by atoms with Crippen LogP contribution in [0.1, 0.15) is 18.9 Å². The number of hydrogen-bond donors (Lipinski definition) is 2. The molecule has 178 valence electrons. The fourth-order valence-corrected chi connectivity index (χ4v) is 4.35. The average Bonchev–Trinajstić information content (AvgIpc) is 3.10. The highest BCUT2D eigenvalue weighted by Gasteiger charge is 2.52. The van der Waals surface area contributed by atoms with Gasteiger partial charge in [-0.1, -0.05) is 37.3 Å². The van der Waals surface area contributed by atoms with E-state index in [0.29, 0.717) is 38.2 Å². The van der Waals surface area contributed by atoms with Gasteiger partial charge in [0.15, 0.2) is 0 Å². The monoisotopic (exact) mass is 466 g/mol. The molecular formula is C23H26N6O5. The number of nitrogens with zero attached hydrogens (tertiary/aromatic N) is 4. The van der Waals surface area contributed by atoms with E-state index in [-0.39, 0.29) is 12.2 Å². The normalized spacial score (nSPS) is 20.9. The molecule has 2 heterocycles. The molecule has 0 radical (unpaired) electrons. The van der Waals surface area contributed by atoms with Gasteiger partial charge in [0.1, 0.15) is 5.54 Å². The zero-order valence-electron chi connectivity index (χ0n) is 18.8. The molecule has 34 heavy (non-hydrogen) atoms. The first-order valence-corrected chi connectivity index (χ1v) is 11.1. The highest BCUT2D eigenvalue weighted by atomic mass is 16.6. The summed E-state index contributed by atoms with van der Waals surface area (Å²) in [7, 11) is 0. The highest BCUT2D eigenvalue weighted by Crippen LogP contribution is 2.31. The molecule has 2 aromatic carbocycles. The summed E-state index contributed by atoms with van der Waals surface area (Å²) in [6, 6.07) is 14.7. The van der Waals surface area contributed by atoms with Crippen LogP contribution in [0.2, 0.25) is 0 Å². The Morgan fingerprint density at radius 3 is 2.29 bits per heavy atom. The van der Waals surface area contributed by atoms with E-state index in [9.17, 15) is 24.5 Å². The predicted octanol–water partition coefficient (Wildman–Crippen LogP) is 1.61. The molecule has 0 saturated carbocycles. The molecule has 2 fully saturated rings. The number of nitrogens with one attached hydrogen (secondary N) is 2. The van der Waals surface area contributed by atoms with Gasteiger partial charge < -0.3 is 10.2 Å². The van der Waals surface area contributed by atoms with Gasteiger partial charge in [-0.25, -0.2) is 4.79 Å². The van der Waals surface area contributed by atoms with Gasteiger partial charge >= 0.3 is 6.03 Å². The summed E-state index contributed by atoms with van der Waals surface area (Å²) in [6.07, 6.45) is 0.346. The van der Waals surface area contributed by atoms with E-state index in [4.69, 9.17) is 0 Å². The van der Waals surface area contributed by atoms with Crippen LogP contribution in [0.4, 0.5) is 16.2 Å². The van der Waals surface area contributed by atoms with Crippen molar-refractivity contribution in [3.63, 3.8) is 0 Å². The summed E-state index contributed by atoms with van der Waals surface area (Å²) in [6.45, 7) is 4.31. The summed E-state index contributed by atoms with van der Waals surface area (Å²) in [5.74, 6) is -0.963. The molecule has 0 bridgehead atoms. The third-order valence-electron chi connectivity index (χ3n) is 6.29. The van der Waals surface area contributed by atoms with E-state index in [1.807, 2.05) is 11.0 Å². The van der Waals surface area contributed by atoms with Crippen molar-refractivity contribution in [2.24, 2.45) is 0 Å². The highest BCUT2D eigenvalue weighted by molar-refractivity contribution is 6.08. The zero-order chi connectivity index (χ0) is 24.3. The third-order valence-corrected chi connectivity index (χ3v) is 6.29. The number of hydrazine groups is 1. The maximum absolute atomic E-state index is 13.1. The van der Waals surface area contributed by atoms with Gasteiger partial charge in [0.25, 0.3) is 17.5 Å². The van der Waals surface area contributed by atoms with E-state index in [2.05, 4.69) is 15.6 Å². The number of carbonyl (C=O) groups excluding carboxylic acids is 3. The summed E-state index contributed by atoms with van der Waals surface area (Å²) in [4.78, 5) is 52.7. The zero-order valence-corrected chi connectivity index (χ0v) is 18.8. The SMILES string of the molecule is CCC1(c2ccccc2)NC(=O)N(NC(=O)CN2CCN(c3ccc([N+](=O)[O-])cc3)CC2)C1=O. The number of rotatable bonds is 7. The number of carbonyl (C=O) groups is 3. The second-order valence-corrected chi connectivity index (χ2v) is 8.27. The molecule has 2 aromatic rings. The average molecular weight is 466 g/mol. The summed E-state index contributed by atoms with van der Waals surface area (Å²) >= 11 is 0. The van der Waals surface area contributed by atoms with E-state index in [1.165, 1.54) is 12.1 Å². The molecule has 0 spiro atoms. The van der Waals surface area contributed by atoms with Crippen LogP contribution in [0, 0.1) is 10.1 Å². The number of piperazine rings is 1. The van der Waals surface area contributed by atoms with Crippen molar-refractivity contribution >= 4 is 29.2 Å². The number of imide groups is 1. The topological polar surface area (TPSA) is 128 Å². The van der Waals surface area contributed by atoms with Crippen LogP contribution in [0.3, 0.4) is 0 Å². The minimum absolute atomic E-state index is 0.0373. The Morgan fingerprint density at radius 1 is 1.06 bits per heavy atom. The van der Waals surface area contributed by atoms with Crippen LogP contribution in [0.25, 0.3) is 0 Å². The van der Waals surface area contributed by atoms with Gasteiger partial charge in [-0.05, 0) is 24.1 Å². The van der Waals surface area contributed by atoms with Gasteiger partial charge in [-0.15, -0.1) is 0 Å². The largest absolute Gasteiger partial charge is 0.369 e. The van der Waals surface area contributed by atoms with Crippen molar-refractivity contribution in [3.05, 3.63) is 70.3 Å². The van der Waals surface area contributed by atoms with E-state index >= 15 is 0 Å². The van der Waals surface area contributed by atoms with Crippen molar-refractivity contribution in [1.82, 2.24) is 20.7 Å². The lowest BCUT2D eigenvalue weighted by Gasteiger charge is -2.35. The van der Waals surface area contributed by atoms with E-state index in [0.717, 1.165) is 10.7 Å². The minimum atomic E-state index is -1.21. The molecule has 2 saturated heterocycles. The van der Waals surface area contributed by atoms with Crippen molar-refractivity contribution in [2.45, 2.75) is 18.9 Å². The van der Waals surface area contributed by atoms with Gasteiger partial charge in [0.05, 0.1) is 11.5 Å². The van der Waals surface area contributed by atoms with Crippen LogP contribution >= 0.6 is 0 Å². The van der Waals surface area contributed by atoms with Crippen molar-refractivity contribution < 1.29 is 19.3 Å². The molecule has 0 aliphatic carbocycles. The smallest absolute Gasteiger partial charge is 0.344 e. The number of nitro groups is 1. The third kappa shape index (κ3) is 4.42. The number of anilines is 1. The van der Waals surface area contributed by atoms with Crippen molar-refractivity contribution in [1.29, 1.82) is 0 Å². The molecule has 11 heteroatoms. The number of nitro benzene ring substituents is 1. The predicted molar refractivity (Wildman–Crippen MR) is 124 cm³/mol. The number of non-ortho nitro benzene ring substituents is 1. The van der Waals surface area contributed by atoms with Gasteiger partial charge in [0, 0.05) is 44.0 Å². The van der Waals surface area contributed by atoms with Crippen molar-refractivity contribution in [3.8, 4) is 0 Å². The quantitative estimate of drug-likeness (QED) is 0.360. The molecule has 4 amide bonds. The van der Waals surface area contributed by atoms with Crippen LogP contribution < -0.4 is 15.6 Å². The molecule has 1 unspecified atom stereocenters. The number of benzene rings is 2. The summed E-state index contributed by atoms with van der Waals surface area (Å²) in [5.41, 5.74) is 2.83. The lowest BCUT2D eigenvalue weighted by atomic mass is 9.87. The number of hydrogen-bond acceptors (Lipinski definition) is 7. The Kier molecular flexibility index (Phi) is 6.46. The molecule has 2 aliphatic heterocycles. The van der Waals surface area contributed by atoms with Gasteiger partial charge in [-0.3, -0.25) is 30.0 Å². The standard InChI is InChI=1S/C23H26N6O5/c1-2-23(17-6-4-3-5-7-17)21(31)28(22(32)24-23)25-20(30)16-26-12-14-27(15-13-26)18-8-10-19(11-9-18)29(33)34/h3-11H,2,12-16H2,1H3,(H,24,32)(H,25,30). The number of amides is 4. The Morgan fingerprint density at radius 2 is 1.71 bits per heavy atom. The Bertz CT molecular complexity index is 1080. The Labute approximate surface area is 196 Å². The van der Waals surface area contributed by atoms with E-state index in [1.54, 1.807) is 43.3 Å². The molecule has 4 rings (SSSR count). The Hall–Kier alpha value is -3.99. The molecule has 2 N–H and O–H groups in total. The summed E-state index contributed by atoms with van der Waals surface area (Å²) < 4.78 is 0. The molecule has 2 aliphatic rings. The second kappa shape index (κ2) is 9.48. The maximum Gasteiger partial charge on any atom is 0.344 e. The van der Waals surface area contributed by atoms with Crippen LogP contribution in [-0.2, 0) is 15.1 Å². The van der Waals surface area contributed by atoms with Gasteiger partial charge in [0.2, 0.25) is 0 Å². The lowest BCUT2D eigenvalue weighted by molar-refractivity contribution is -0.384.